The maximum Gasteiger partial charge on any atom is 0.389 e. The molecule has 0 saturated carbocycles. The van der Waals surface area contributed by atoms with Crippen LogP contribution in [0.5, 0.6) is 0 Å². The highest BCUT2D eigenvalue weighted by Gasteiger charge is 2.46. The molecule has 0 bridgehead atoms. The number of carbonyl (C=O) groups is 1. The van der Waals surface area contributed by atoms with E-state index >= 15 is 0 Å². The first-order chi connectivity index (χ1) is 8.26. The van der Waals surface area contributed by atoms with Crippen molar-refractivity contribution in [3.63, 3.8) is 0 Å². The summed E-state index contributed by atoms with van der Waals surface area (Å²) in [5.41, 5.74) is -2.00. The molecule has 4 nitrogen and oxygen atoms in total. The summed E-state index contributed by atoms with van der Waals surface area (Å²) in [5.74, 6) is -2.03. The Balaban J connectivity index is 5.20. The van der Waals surface area contributed by atoms with Crippen LogP contribution in [-0.4, -0.2) is 19.3 Å². The van der Waals surface area contributed by atoms with Gasteiger partial charge in [0.25, 0.3) is 0 Å². The van der Waals surface area contributed by atoms with E-state index in [9.17, 15) is 18.0 Å². The Morgan fingerprint density at radius 1 is 1.28 bits per heavy atom. The standard InChI is InChI=1S/C11H13F3N2O2/c1-3-8(9(17)18-2)10(6-15,7-16)4-5-11(12,13)14/h8H,3-5H2,1-2H3. The normalized spacial score (nSPS) is 13.3. The van der Waals surface area contributed by atoms with Gasteiger partial charge in [-0.15, -0.1) is 0 Å². The molecule has 0 fully saturated rings. The van der Waals surface area contributed by atoms with E-state index in [4.69, 9.17) is 10.5 Å². The number of halogens is 3. The van der Waals surface area contributed by atoms with E-state index in [0.29, 0.717) is 0 Å². The summed E-state index contributed by atoms with van der Waals surface area (Å²) in [6.07, 6.45) is -6.45. The van der Waals surface area contributed by atoms with Crippen molar-refractivity contribution in [3.8, 4) is 12.1 Å². The minimum atomic E-state index is -4.48. The van der Waals surface area contributed by atoms with E-state index < -0.39 is 36.3 Å². The molecule has 1 unspecified atom stereocenters. The van der Waals surface area contributed by atoms with Crippen molar-refractivity contribution in [1.29, 1.82) is 10.5 Å². The first-order valence-corrected chi connectivity index (χ1v) is 5.23. The number of hydrogen-bond donors (Lipinski definition) is 0. The van der Waals surface area contributed by atoms with Crippen LogP contribution >= 0.6 is 0 Å². The van der Waals surface area contributed by atoms with Gasteiger partial charge in [-0.3, -0.25) is 4.79 Å². The van der Waals surface area contributed by atoms with Crippen LogP contribution in [-0.2, 0) is 9.53 Å². The highest BCUT2D eigenvalue weighted by molar-refractivity contribution is 5.74. The SMILES string of the molecule is CCC(C(=O)OC)C(C#N)(C#N)CCC(F)(F)F. The topological polar surface area (TPSA) is 73.9 Å². The number of carbonyl (C=O) groups excluding carboxylic acids is 1. The second-order valence-electron chi connectivity index (χ2n) is 3.79. The summed E-state index contributed by atoms with van der Waals surface area (Å²) in [7, 11) is 1.06. The zero-order chi connectivity index (χ0) is 14.4. The number of nitrogens with zero attached hydrogens (tertiary/aromatic N) is 2. The van der Waals surface area contributed by atoms with Gasteiger partial charge in [0.2, 0.25) is 0 Å². The Labute approximate surface area is 103 Å². The molecule has 0 aromatic heterocycles. The molecule has 0 spiro atoms. The van der Waals surface area contributed by atoms with Gasteiger partial charge in [0, 0.05) is 6.42 Å². The van der Waals surface area contributed by atoms with E-state index in [1.54, 1.807) is 12.1 Å². The van der Waals surface area contributed by atoms with Crippen molar-refractivity contribution in [3.05, 3.63) is 0 Å². The molecule has 0 aliphatic rings. The molecule has 100 valence electrons. The number of methoxy groups -OCH3 is 1. The van der Waals surface area contributed by atoms with E-state index in [1.807, 2.05) is 0 Å². The fourth-order valence-electron chi connectivity index (χ4n) is 1.66. The molecular formula is C11H13F3N2O2. The van der Waals surface area contributed by atoms with Gasteiger partial charge >= 0.3 is 12.1 Å². The van der Waals surface area contributed by atoms with Crippen LogP contribution in [0, 0.1) is 34.0 Å². The van der Waals surface area contributed by atoms with Crippen molar-refractivity contribution >= 4 is 5.97 Å². The van der Waals surface area contributed by atoms with Gasteiger partial charge in [0.1, 0.15) is 0 Å². The van der Waals surface area contributed by atoms with Gasteiger partial charge in [-0.1, -0.05) is 6.92 Å². The predicted molar refractivity (Wildman–Crippen MR) is 54.7 cm³/mol. The summed E-state index contributed by atoms with van der Waals surface area (Å²) >= 11 is 0. The highest BCUT2D eigenvalue weighted by Crippen LogP contribution is 2.38. The molecular weight excluding hydrogens is 249 g/mol. The molecule has 0 aromatic carbocycles. The summed E-state index contributed by atoms with van der Waals surface area (Å²) in [5, 5.41) is 17.9. The molecule has 7 heteroatoms. The van der Waals surface area contributed by atoms with Crippen LogP contribution < -0.4 is 0 Å². The lowest BCUT2D eigenvalue weighted by atomic mass is 9.73. The van der Waals surface area contributed by atoms with Gasteiger partial charge in [-0.2, -0.15) is 23.7 Å². The van der Waals surface area contributed by atoms with E-state index in [2.05, 4.69) is 4.74 Å². The van der Waals surface area contributed by atoms with Crippen molar-refractivity contribution < 1.29 is 22.7 Å². The van der Waals surface area contributed by atoms with Gasteiger partial charge in [0.15, 0.2) is 5.41 Å². The fraction of sp³-hybridized carbons (Fsp3) is 0.727. The minimum absolute atomic E-state index is 0.0612. The van der Waals surface area contributed by atoms with Crippen LogP contribution in [0.4, 0.5) is 13.2 Å². The lowest BCUT2D eigenvalue weighted by molar-refractivity contribution is -0.152. The first-order valence-electron chi connectivity index (χ1n) is 5.23. The van der Waals surface area contributed by atoms with Crippen LogP contribution in [0.1, 0.15) is 26.2 Å². The zero-order valence-corrected chi connectivity index (χ0v) is 10.0. The fourth-order valence-corrected chi connectivity index (χ4v) is 1.66. The molecule has 0 amide bonds. The van der Waals surface area contributed by atoms with Crippen LogP contribution in [0.15, 0.2) is 0 Å². The largest absolute Gasteiger partial charge is 0.469 e. The highest BCUT2D eigenvalue weighted by atomic mass is 19.4. The molecule has 0 N–H and O–H groups in total. The van der Waals surface area contributed by atoms with Crippen LogP contribution in [0.3, 0.4) is 0 Å². The Morgan fingerprint density at radius 3 is 2.06 bits per heavy atom. The predicted octanol–water partition coefficient (Wildman–Crippen LogP) is 2.56. The maximum absolute atomic E-state index is 12.2. The Bertz CT molecular complexity index is 365. The lowest BCUT2D eigenvalue weighted by Crippen LogP contribution is -2.35. The number of rotatable bonds is 5. The van der Waals surface area contributed by atoms with Gasteiger partial charge in [-0.25, -0.2) is 0 Å². The maximum atomic E-state index is 12.2. The lowest BCUT2D eigenvalue weighted by Gasteiger charge is -2.26. The number of ether oxygens (including phenoxy) is 1. The van der Waals surface area contributed by atoms with Crippen LogP contribution in [0.25, 0.3) is 0 Å². The summed E-state index contributed by atoms with van der Waals surface area (Å²) in [6, 6.07) is 3.08. The third-order valence-electron chi connectivity index (χ3n) is 2.69. The summed E-state index contributed by atoms with van der Waals surface area (Å²) < 4.78 is 40.9. The van der Waals surface area contributed by atoms with Crippen LogP contribution in [0.2, 0.25) is 0 Å². The quantitative estimate of drug-likeness (QED) is 0.713. The molecule has 0 saturated heterocycles. The second kappa shape index (κ2) is 6.25. The molecule has 0 rings (SSSR count). The van der Waals surface area contributed by atoms with Gasteiger partial charge < -0.3 is 4.74 Å². The van der Waals surface area contributed by atoms with Crippen molar-refractivity contribution in [2.24, 2.45) is 11.3 Å². The summed E-state index contributed by atoms with van der Waals surface area (Å²) in [6.45, 7) is 1.51. The monoisotopic (exact) mass is 262 g/mol. The van der Waals surface area contributed by atoms with E-state index in [0.717, 1.165) is 7.11 Å². The average Bonchev–Trinajstić information content (AvgIpc) is 2.33. The zero-order valence-electron chi connectivity index (χ0n) is 10.0. The second-order valence-corrected chi connectivity index (χ2v) is 3.79. The van der Waals surface area contributed by atoms with Gasteiger partial charge in [-0.05, 0) is 12.8 Å². The van der Waals surface area contributed by atoms with Gasteiger partial charge in [0.05, 0.1) is 25.2 Å². The van der Waals surface area contributed by atoms with Crippen molar-refractivity contribution in [2.45, 2.75) is 32.4 Å². The van der Waals surface area contributed by atoms with Crippen molar-refractivity contribution in [1.82, 2.24) is 0 Å². The third kappa shape index (κ3) is 3.92. The molecule has 0 aliphatic heterocycles. The molecule has 18 heavy (non-hydrogen) atoms. The molecule has 0 radical (unpaired) electrons. The number of alkyl halides is 3. The van der Waals surface area contributed by atoms with E-state index in [1.165, 1.54) is 6.92 Å². The Kier molecular flexibility index (Phi) is 5.64. The average molecular weight is 262 g/mol. The third-order valence-corrected chi connectivity index (χ3v) is 2.69. The smallest absolute Gasteiger partial charge is 0.389 e. The molecule has 0 aromatic rings. The van der Waals surface area contributed by atoms with Crippen molar-refractivity contribution in [2.75, 3.05) is 7.11 Å². The molecule has 0 heterocycles. The Morgan fingerprint density at radius 2 is 1.78 bits per heavy atom. The molecule has 1 atom stereocenters. The number of nitriles is 2. The summed E-state index contributed by atoms with van der Waals surface area (Å²) in [4.78, 5) is 11.4. The first kappa shape index (κ1) is 16.2. The van der Waals surface area contributed by atoms with E-state index in [-0.39, 0.29) is 6.42 Å². The number of hydrogen-bond acceptors (Lipinski definition) is 4. The minimum Gasteiger partial charge on any atom is -0.469 e. The number of esters is 1. The molecule has 0 aliphatic carbocycles. The Hall–Kier alpha value is -1.76.